The van der Waals surface area contributed by atoms with E-state index in [1.54, 1.807) is 11.3 Å². The molecule has 2 rings (SSSR count). The monoisotopic (exact) mass is 330 g/mol. The van der Waals surface area contributed by atoms with Crippen LogP contribution in [-0.4, -0.2) is 32.6 Å². The number of hydrogen-bond acceptors (Lipinski definition) is 7. The highest BCUT2D eigenvalue weighted by atomic mass is 32.2. The lowest BCUT2D eigenvalue weighted by Crippen LogP contribution is -2.08. The zero-order chi connectivity index (χ0) is 14.7. The van der Waals surface area contributed by atoms with Gasteiger partial charge in [-0.1, -0.05) is 13.8 Å². The maximum atomic E-state index is 12.1. The van der Waals surface area contributed by atoms with E-state index in [9.17, 15) is 4.21 Å². The van der Waals surface area contributed by atoms with Crippen LogP contribution >= 0.6 is 22.9 Å². The van der Waals surface area contributed by atoms with Crippen LogP contribution in [0.25, 0.3) is 0 Å². The standard InChI is InChI=1S/C12H18N4OS3/c1-8(2)11-13-9(5-18-11)6-20(17)7-10-14-12(16(3)4)19-15-10/h5,8H,6-7H2,1-4H3. The largest absolute Gasteiger partial charge is 0.353 e. The van der Waals surface area contributed by atoms with Crippen molar-refractivity contribution in [3.8, 4) is 0 Å². The summed E-state index contributed by atoms with van der Waals surface area (Å²) < 4.78 is 16.4. The second kappa shape index (κ2) is 6.73. The van der Waals surface area contributed by atoms with E-state index in [1.165, 1.54) is 11.5 Å². The number of thiazole rings is 1. The fraction of sp³-hybridized carbons (Fsp3) is 0.583. The van der Waals surface area contributed by atoms with Gasteiger partial charge in [-0.15, -0.1) is 11.3 Å². The molecule has 2 aromatic rings. The Bertz CT molecular complexity index is 541. The van der Waals surface area contributed by atoms with Gasteiger partial charge >= 0.3 is 0 Å². The molecular weight excluding hydrogens is 312 g/mol. The van der Waals surface area contributed by atoms with Crippen molar-refractivity contribution in [3.63, 3.8) is 0 Å². The average Bonchev–Trinajstić information content (AvgIpc) is 2.98. The smallest absolute Gasteiger partial charge is 0.204 e. The van der Waals surface area contributed by atoms with Crippen molar-refractivity contribution in [1.29, 1.82) is 0 Å². The molecule has 0 spiro atoms. The van der Waals surface area contributed by atoms with Crippen LogP contribution in [0.15, 0.2) is 5.38 Å². The molecule has 0 bridgehead atoms. The summed E-state index contributed by atoms with van der Waals surface area (Å²) in [4.78, 5) is 10.8. The van der Waals surface area contributed by atoms with Crippen LogP contribution in [0.1, 0.15) is 36.3 Å². The molecule has 110 valence electrons. The predicted molar refractivity (Wildman–Crippen MR) is 86.0 cm³/mol. The molecule has 0 amide bonds. The van der Waals surface area contributed by atoms with Crippen molar-refractivity contribution < 1.29 is 4.21 Å². The van der Waals surface area contributed by atoms with Crippen LogP contribution < -0.4 is 4.90 Å². The van der Waals surface area contributed by atoms with Gasteiger partial charge in [0.05, 0.1) is 22.2 Å². The van der Waals surface area contributed by atoms with E-state index in [2.05, 4.69) is 28.2 Å². The second-order valence-electron chi connectivity index (χ2n) is 4.95. The molecule has 0 radical (unpaired) electrons. The van der Waals surface area contributed by atoms with Crippen LogP contribution in [0.4, 0.5) is 5.13 Å². The molecule has 0 N–H and O–H groups in total. The first kappa shape index (κ1) is 15.5. The Balaban J connectivity index is 1.94. The first-order chi connectivity index (χ1) is 9.45. The Hall–Kier alpha value is -0.860. The van der Waals surface area contributed by atoms with Crippen LogP contribution in [-0.2, 0) is 22.3 Å². The summed E-state index contributed by atoms with van der Waals surface area (Å²) in [7, 11) is 2.83. The summed E-state index contributed by atoms with van der Waals surface area (Å²) in [5.74, 6) is 1.93. The fourth-order valence-corrected chi connectivity index (χ4v) is 4.12. The molecule has 2 aromatic heterocycles. The van der Waals surface area contributed by atoms with Gasteiger partial charge in [0.2, 0.25) is 5.13 Å². The van der Waals surface area contributed by atoms with Gasteiger partial charge in [0.25, 0.3) is 0 Å². The van der Waals surface area contributed by atoms with Crippen molar-refractivity contribution in [2.45, 2.75) is 31.3 Å². The van der Waals surface area contributed by atoms with Crippen molar-refractivity contribution in [2.24, 2.45) is 0 Å². The molecule has 5 nitrogen and oxygen atoms in total. The predicted octanol–water partition coefficient (Wildman–Crippen LogP) is 2.63. The first-order valence-corrected chi connectivity index (χ1v) is 9.39. The molecular formula is C12H18N4OS3. The molecule has 0 fully saturated rings. The second-order valence-corrected chi connectivity index (χ2v) is 8.02. The highest BCUT2D eigenvalue weighted by Gasteiger charge is 2.12. The molecule has 0 saturated carbocycles. The lowest BCUT2D eigenvalue weighted by atomic mass is 10.2. The van der Waals surface area contributed by atoms with Crippen LogP contribution in [0.3, 0.4) is 0 Å². The number of rotatable bonds is 6. The Labute approximate surface area is 129 Å². The van der Waals surface area contributed by atoms with Crippen LogP contribution in [0.2, 0.25) is 0 Å². The zero-order valence-corrected chi connectivity index (χ0v) is 14.4. The lowest BCUT2D eigenvalue weighted by Gasteiger charge is -2.04. The molecule has 0 saturated heterocycles. The van der Waals surface area contributed by atoms with Crippen molar-refractivity contribution in [1.82, 2.24) is 14.3 Å². The molecule has 1 atom stereocenters. The van der Waals surface area contributed by atoms with Crippen molar-refractivity contribution >= 4 is 38.8 Å². The average molecular weight is 331 g/mol. The Kier molecular flexibility index (Phi) is 5.22. The van der Waals surface area contributed by atoms with Crippen molar-refractivity contribution in [3.05, 3.63) is 21.9 Å². The van der Waals surface area contributed by atoms with E-state index < -0.39 is 10.8 Å². The van der Waals surface area contributed by atoms with Crippen LogP contribution in [0.5, 0.6) is 0 Å². The molecule has 20 heavy (non-hydrogen) atoms. The van der Waals surface area contributed by atoms with Gasteiger partial charge in [0.1, 0.15) is 0 Å². The molecule has 0 aliphatic rings. The third-order valence-electron chi connectivity index (χ3n) is 2.50. The van der Waals surface area contributed by atoms with E-state index in [0.29, 0.717) is 23.2 Å². The summed E-state index contributed by atoms with van der Waals surface area (Å²) >= 11 is 2.96. The maximum absolute atomic E-state index is 12.1. The van der Waals surface area contributed by atoms with E-state index >= 15 is 0 Å². The first-order valence-electron chi connectivity index (χ1n) is 6.25. The Morgan fingerprint density at radius 3 is 2.60 bits per heavy atom. The minimum absolute atomic E-state index is 0.388. The van der Waals surface area contributed by atoms with Gasteiger partial charge in [0.15, 0.2) is 5.82 Å². The highest BCUT2D eigenvalue weighted by Crippen LogP contribution is 2.20. The van der Waals surface area contributed by atoms with Crippen molar-refractivity contribution in [2.75, 3.05) is 19.0 Å². The molecule has 0 aromatic carbocycles. The topological polar surface area (TPSA) is 59.0 Å². The minimum atomic E-state index is -1.01. The molecule has 2 heterocycles. The minimum Gasteiger partial charge on any atom is -0.353 e. The Morgan fingerprint density at radius 1 is 1.30 bits per heavy atom. The number of nitrogens with zero attached hydrogens (tertiary/aromatic N) is 4. The highest BCUT2D eigenvalue weighted by molar-refractivity contribution is 7.83. The van der Waals surface area contributed by atoms with Gasteiger partial charge < -0.3 is 4.90 Å². The maximum Gasteiger partial charge on any atom is 0.204 e. The van der Waals surface area contributed by atoms with Gasteiger partial charge in [-0.3, -0.25) is 4.21 Å². The quantitative estimate of drug-likeness (QED) is 0.815. The normalized spacial score (nSPS) is 12.8. The number of hydrogen-bond donors (Lipinski definition) is 0. The van der Waals surface area contributed by atoms with E-state index in [0.717, 1.165) is 15.8 Å². The fourth-order valence-electron chi connectivity index (χ4n) is 1.50. The molecule has 1 unspecified atom stereocenters. The lowest BCUT2D eigenvalue weighted by molar-refractivity contribution is 0.680. The number of aromatic nitrogens is 3. The number of anilines is 1. The van der Waals surface area contributed by atoms with E-state index in [4.69, 9.17) is 0 Å². The zero-order valence-electron chi connectivity index (χ0n) is 12.0. The summed E-state index contributed by atoms with van der Waals surface area (Å²) in [5, 5.41) is 3.93. The third kappa shape index (κ3) is 4.07. The summed E-state index contributed by atoms with van der Waals surface area (Å²) in [6.07, 6.45) is 0. The Morgan fingerprint density at radius 2 is 2.05 bits per heavy atom. The molecule has 8 heteroatoms. The van der Waals surface area contributed by atoms with Gasteiger partial charge in [-0.05, 0) is 0 Å². The van der Waals surface area contributed by atoms with Gasteiger partial charge in [-0.2, -0.15) is 4.37 Å². The summed E-state index contributed by atoms with van der Waals surface area (Å²) in [6, 6.07) is 0. The summed E-state index contributed by atoms with van der Waals surface area (Å²) in [6.45, 7) is 4.23. The molecule has 0 aliphatic carbocycles. The SMILES string of the molecule is CC(C)c1nc(CS(=O)Cc2nsc(N(C)C)n2)cs1. The molecule has 0 aliphatic heterocycles. The van der Waals surface area contributed by atoms with E-state index in [1.807, 2.05) is 24.4 Å². The third-order valence-corrected chi connectivity index (χ3v) is 5.82. The van der Waals surface area contributed by atoms with Gasteiger partial charge in [0, 0.05) is 47.7 Å². The summed E-state index contributed by atoms with van der Waals surface area (Å²) in [5.41, 5.74) is 0.903. The van der Waals surface area contributed by atoms with Crippen LogP contribution in [0, 0.1) is 0 Å². The van der Waals surface area contributed by atoms with E-state index in [-0.39, 0.29) is 0 Å². The van der Waals surface area contributed by atoms with Gasteiger partial charge in [-0.25, -0.2) is 9.97 Å².